The van der Waals surface area contributed by atoms with Crippen LogP contribution in [0.4, 0.5) is 0 Å². The maximum absolute atomic E-state index is 12.2. The van der Waals surface area contributed by atoms with E-state index >= 15 is 0 Å². The van der Waals surface area contributed by atoms with Gasteiger partial charge in [0.2, 0.25) is 5.91 Å². The Bertz CT molecular complexity index is 314. The van der Waals surface area contributed by atoms with E-state index in [9.17, 15) is 4.79 Å². The van der Waals surface area contributed by atoms with Gasteiger partial charge in [0.25, 0.3) is 0 Å². The van der Waals surface area contributed by atoms with Crippen LogP contribution in [0.1, 0.15) is 59.8 Å². The van der Waals surface area contributed by atoms with E-state index in [2.05, 4.69) is 38.3 Å². The van der Waals surface area contributed by atoms with Crippen molar-refractivity contribution in [3.8, 4) is 0 Å². The molecule has 3 nitrogen and oxygen atoms in total. The Balaban J connectivity index is 1.85. The molecule has 19 heavy (non-hydrogen) atoms. The lowest BCUT2D eigenvalue weighted by atomic mass is 9.63. The Morgan fingerprint density at radius 2 is 1.84 bits per heavy atom. The molecular weight excluding hydrogens is 236 g/mol. The van der Waals surface area contributed by atoms with Gasteiger partial charge in [0.15, 0.2) is 0 Å². The third-order valence-corrected chi connectivity index (χ3v) is 4.56. The third-order valence-electron chi connectivity index (χ3n) is 4.56. The smallest absolute Gasteiger partial charge is 0.220 e. The summed E-state index contributed by atoms with van der Waals surface area (Å²) in [7, 11) is 0. The van der Waals surface area contributed by atoms with Crippen LogP contribution in [-0.2, 0) is 4.79 Å². The molecule has 3 heteroatoms. The molecule has 1 aliphatic heterocycles. The van der Waals surface area contributed by atoms with Crippen molar-refractivity contribution < 1.29 is 4.79 Å². The predicted molar refractivity (Wildman–Crippen MR) is 78.9 cm³/mol. The first-order valence-corrected chi connectivity index (χ1v) is 7.76. The van der Waals surface area contributed by atoms with Gasteiger partial charge >= 0.3 is 0 Å². The summed E-state index contributed by atoms with van der Waals surface area (Å²) in [5, 5.41) is 6.62. The van der Waals surface area contributed by atoms with E-state index in [4.69, 9.17) is 0 Å². The number of hydrogen-bond acceptors (Lipinski definition) is 2. The minimum Gasteiger partial charge on any atom is -0.353 e. The lowest BCUT2D eigenvalue weighted by molar-refractivity contribution is -0.123. The van der Waals surface area contributed by atoms with Gasteiger partial charge in [-0.15, -0.1) is 0 Å². The molecule has 1 heterocycles. The van der Waals surface area contributed by atoms with E-state index in [0.717, 1.165) is 32.4 Å². The molecule has 2 aliphatic rings. The minimum atomic E-state index is 0.257. The van der Waals surface area contributed by atoms with E-state index in [1.165, 1.54) is 6.42 Å². The molecule has 2 rings (SSSR count). The Hall–Kier alpha value is -0.570. The zero-order valence-electron chi connectivity index (χ0n) is 13.0. The maximum atomic E-state index is 12.2. The normalized spacial score (nSPS) is 30.2. The zero-order chi connectivity index (χ0) is 14.1. The largest absolute Gasteiger partial charge is 0.353 e. The summed E-state index contributed by atoms with van der Waals surface area (Å²) in [4.78, 5) is 12.2. The first-order valence-electron chi connectivity index (χ1n) is 7.76. The Morgan fingerprint density at radius 1 is 1.21 bits per heavy atom. The number of hydrogen-bond donors (Lipinski definition) is 2. The predicted octanol–water partition coefficient (Wildman–Crippen LogP) is 2.71. The molecule has 1 atom stereocenters. The molecule has 1 unspecified atom stereocenters. The molecule has 1 saturated carbocycles. The molecule has 0 bridgehead atoms. The van der Waals surface area contributed by atoms with E-state index in [0.29, 0.717) is 29.2 Å². The minimum absolute atomic E-state index is 0.257. The number of carbonyl (C=O) groups excluding carboxylic acids is 1. The molecule has 1 aliphatic carbocycles. The van der Waals surface area contributed by atoms with E-state index in [1.54, 1.807) is 0 Å². The fourth-order valence-electron chi connectivity index (χ4n) is 4.39. The van der Waals surface area contributed by atoms with Crippen molar-refractivity contribution in [3.05, 3.63) is 0 Å². The fourth-order valence-corrected chi connectivity index (χ4v) is 4.39. The third kappa shape index (κ3) is 4.48. The zero-order valence-corrected chi connectivity index (χ0v) is 13.0. The fraction of sp³-hybridized carbons (Fsp3) is 0.938. The molecule has 1 saturated heterocycles. The topological polar surface area (TPSA) is 41.1 Å². The average Bonchev–Trinajstić information content (AvgIpc) is 2.63. The van der Waals surface area contributed by atoms with E-state index in [-0.39, 0.29) is 5.91 Å². The standard InChI is InChI=1S/C16H30N2O/c1-15(2)8-13(9-16(3,4)11-15)18-14(19)7-12-5-6-17-10-12/h12-13,17H,5-11H2,1-4H3,(H,18,19). The van der Waals surface area contributed by atoms with Gasteiger partial charge in [-0.25, -0.2) is 0 Å². The maximum Gasteiger partial charge on any atom is 0.220 e. The van der Waals surface area contributed by atoms with Crippen molar-refractivity contribution in [3.63, 3.8) is 0 Å². The van der Waals surface area contributed by atoms with Crippen LogP contribution in [0.5, 0.6) is 0 Å². The van der Waals surface area contributed by atoms with Crippen molar-refractivity contribution >= 4 is 5.91 Å². The second-order valence-electron chi connectivity index (χ2n) is 8.24. The number of rotatable bonds is 3. The van der Waals surface area contributed by atoms with Gasteiger partial charge in [0.1, 0.15) is 0 Å². The summed E-state index contributed by atoms with van der Waals surface area (Å²) in [6, 6.07) is 0.362. The number of nitrogens with one attached hydrogen (secondary N) is 2. The van der Waals surface area contributed by atoms with Crippen molar-refractivity contribution in [2.75, 3.05) is 13.1 Å². The first kappa shape index (κ1) is 14.8. The average molecular weight is 266 g/mol. The summed E-state index contributed by atoms with van der Waals surface area (Å²) in [5.74, 6) is 0.803. The summed E-state index contributed by atoms with van der Waals surface area (Å²) in [6.45, 7) is 11.4. The van der Waals surface area contributed by atoms with Crippen molar-refractivity contribution in [2.45, 2.75) is 65.8 Å². The SMILES string of the molecule is CC1(C)CC(NC(=O)CC2CCNC2)CC(C)(C)C1. The Labute approximate surface area is 117 Å². The molecule has 2 fully saturated rings. The van der Waals surface area contributed by atoms with E-state index in [1.807, 2.05) is 0 Å². The molecule has 110 valence electrons. The van der Waals surface area contributed by atoms with Crippen LogP contribution in [0, 0.1) is 16.7 Å². The van der Waals surface area contributed by atoms with Gasteiger partial charge in [-0.2, -0.15) is 0 Å². The summed E-state index contributed by atoms with van der Waals surface area (Å²) < 4.78 is 0. The highest BCUT2D eigenvalue weighted by molar-refractivity contribution is 5.76. The van der Waals surface area contributed by atoms with Gasteiger partial charge in [-0.05, 0) is 55.5 Å². The monoisotopic (exact) mass is 266 g/mol. The van der Waals surface area contributed by atoms with Crippen LogP contribution in [0.2, 0.25) is 0 Å². The summed E-state index contributed by atoms with van der Waals surface area (Å²) >= 11 is 0. The highest BCUT2D eigenvalue weighted by Crippen LogP contribution is 2.45. The highest BCUT2D eigenvalue weighted by atomic mass is 16.1. The second-order valence-corrected chi connectivity index (χ2v) is 8.24. The number of amides is 1. The molecule has 0 aromatic carbocycles. The summed E-state index contributed by atoms with van der Waals surface area (Å²) in [6.07, 6.45) is 5.33. The highest BCUT2D eigenvalue weighted by Gasteiger charge is 2.38. The molecule has 0 aromatic rings. The summed E-state index contributed by atoms with van der Waals surface area (Å²) in [5.41, 5.74) is 0.684. The van der Waals surface area contributed by atoms with Crippen molar-refractivity contribution in [2.24, 2.45) is 16.7 Å². The van der Waals surface area contributed by atoms with Gasteiger partial charge in [0.05, 0.1) is 0 Å². The van der Waals surface area contributed by atoms with Crippen LogP contribution < -0.4 is 10.6 Å². The van der Waals surface area contributed by atoms with Crippen LogP contribution in [0.3, 0.4) is 0 Å². The van der Waals surface area contributed by atoms with Gasteiger partial charge in [0, 0.05) is 12.5 Å². The molecular formula is C16H30N2O. The van der Waals surface area contributed by atoms with Crippen LogP contribution in [-0.4, -0.2) is 25.0 Å². The van der Waals surface area contributed by atoms with Crippen molar-refractivity contribution in [1.82, 2.24) is 10.6 Å². The Kier molecular flexibility index (Phi) is 4.24. The van der Waals surface area contributed by atoms with Crippen LogP contribution in [0.15, 0.2) is 0 Å². The molecule has 1 amide bonds. The number of carbonyl (C=O) groups is 1. The lowest BCUT2D eigenvalue weighted by Crippen LogP contribution is -2.46. The second kappa shape index (κ2) is 5.43. The van der Waals surface area contributed by atoms with Gasteiger partial charge < -0.3 is 10.6 Å². The molecule has 0 spiro atoms. The molecule has 0 radical (unpaired) electrons. The molecule has 2 N–H and O–H groups in total. The van der Waals surface area contributed by atoms with E-state index < -0.39 is 0 Å². The lowest BCUT2D eigenvalue weighted by Gasteiger charge is -2.45. The van der Waals surface area contributed by atoms with Crippen LogP contribution >= 0.6 is 0 Å². The van der Waals surface area contributed by atoms with Gasteiger partial charge in [-0.3, -0.25) is 4.79 Å². The molecule has 0 aromatic heterocycles. The van der Waals surface area contributed by atoms with Crippen LogP contribution in [0.25, 0.3) is 0 Å². The first-order chi connectivity index (χ1) is 8.76. The van der Waals surface area contributed by atoms with Crippen molar-refractivity contribution in [1.29, 1.82) is 0 Å². The Morgan fingerprint density at radius 3 is 2.37 bits per heavy atom. The quantitative estimate of drug-likeness (QED) is 0.824. The van der Waals surface area contributed by atoms with Gasteiger partial charge in [-0.1, -0.05) is 27.7 Å².